The number of hydrogen-bond acceptors (Lipinski definition) is 3. The summed E-state index contributed by atoms with van der Waals surface area (Å²) in [6.45, 7) is 5.68. The van der Waals surface area contributed by atoms with Crippen molar-refractivity contribution in [2.45, 2.75) is 43.7 Å². The first-order chi connectivity index (χ1) is 8.28. The summed E-state index contributed by atoms with van der Waals surface area (Å²) in [7, 11) is -3.54. The molecule has 18 heavy (non-hydrogen) atoms. The quantitative estimate of drug-likeness (QED) is 0.886. The van der Waals surface area contributed by atoms with Gasteiger partial charge >= 0.3 is 0 Å². The van der Waals surface area contributed by atoms with Crippen LogP contribution in [-0.4, -0.2) is 36.0 Å². The Morgan fingerprint density at radius 2 is 1.94 bits per heavy atom. The molecular formula is C13H19NO3S. The average molecular weight is 269 g/mol. The second-order valence-corrected chi connectivity index (χ2v) is 7.13. The van der Waals surface area contributed by atoms with E-state index in [0.717, 1.165) is 5.56 Å². The van der Waals surface area contributed by atoms with Gasteiger partial charge in [0.05, 0.1) is 16.5 Å². The fraction of sp³-hybridized carbons (Fsp3) is 0.538. The highest BCUT2D eigenvalue weighted by Crippen LogP contribution is 2.34. The molecule has 0 bridgehead atoms. The van der Waals surface area contributed by atoms with Crippen molar-refractivity contribution in [3.63, 3.8) is 0 Å². The van der Waals surface area contributed by atoms with Crippen molar-refractivity contribution >= 4 is 10.0 Å². The molecule has 0 radical (unpaired) electrons. The summed E-state index contributed by atoms with van der Waals surface area (Å²) in [5.74, 6) is 0. The molecule has 1 atom stereocenters. The van der Waals surface area contributed by atoms with Crippen LogP contribution in [-0.2, 0) is 10.0 Å². The number of aliphatic hydroxyl groups excluding tert-OH is 1. The van der Waals surface area contributed by atoms with Crippen molar-refractivity contribution in [3.05, 3.63) is 29.8 Å². The van der Waals surface area contributed by atoms with Gasteiger partial charge in [0.2, 0.25) is 10.0 Å². The van der Waals surface area contributed by atoms with Crippen LogP contribution >= 0.6 is 0 Å². The summed E-state index contributed by atoms with van der Waals surface area (Å²) >= 11 is 0. The van der Waals surface area contributed by atoms with Crippen LogP contribution in [0.15, 0.2) is 29.2 Å². The molecule has 5 heteroatoms. The monoisotopic (exact) mass is 269 g/mol. The first kappa shape index (κ1) is 13.5. The molecule has 1 aliphatic rings. The standard InChI is InChI=1S/C13H19NO3S/c1-10-6-4-5-7-11(10)18(16,17)14-9-8-12(15)13(14,2)3/h4-7,12,15H,8-9H2,1-3H3. The van der Waals surface area contributed by atoms with Crippen LogP contribution in [0.2, 0.25) is 0 Å². The van der Waals surface area contributed by atoms with Crippen molar-refractivity contribution < 1.29 is 13.5 Å². The maximum Gasteiger partial charge on any atom is 0.243 e. The lowest BCUT2D eigenvalue weighted by Gasteiger charge is -2.33. The minimum Gasteiger partial charge on any atom is -0.391 e. The summed E-state index contributed by atoms with van der Waals surface area (Å²) in [5.41, 5.74) is -0.0177. The molecule has 1 aromatic carbocycles. The third-order valence-electron chi connectivity index (χ3n) is 3.73. The van der Waals surface area contributed by atoms with Gasteiger partial charge in [-0.15, -0.1) is 0 Å². The summed E-state index contributed by atoms with van der Waals surface area (Å²) in [5, 5.41) is 9.90. The van der Waals surface area contributed by atoms with Crippen LogP contribution in [0, 0.1) is 6.92 Å². The zero-order valence-electron chi connectivity index (χ0n) is 10.9. The number of benzene rings is 1. The lowest BCUT2D eigenvalue weighted by atomic mass is 10.0. The Labute approximate surface area is 108 Å². The van der Waals surface area contributed by atoms with Gasteiger partial charge in [-0.3, -0.25) is 0 Å². The average Bonchev–Trinajstić information content (AvgIpc) is 2.54. The predicted molar refractivity (Wildman–Crippen MR) is 69.8 cm³/mol. The number of sulfonamides is 1. The van der Waals surface area contributed by atoms with Gasteiger partial charge < -0.3 is 5.11 Å². The zero-order chi connectivity index (χ0) is 13.6. The molecule has 1 fully saturated rings. The second kappa shape index (κ2) is 4.33. The Morgan fingerprint density at radius 1 is 1.33 bits per heavy atom. The van der Waals surface area contributed by atoms with Crippen molar-refractivity contribution in [2.75, 3.05) is 6.54 Å². The Hall–Kier alpha value is -0.910. The molecule has 1 unspecified atom stereocenters. The Kier molecular flexibility index (Phi) is 3.25. The van der Waals surface area contributed by atoms with Gasteiger partial charge in [-0.1, -0.05) is 18.2 Å². The molecule has 1 aromatic rings. The van der Waals surface area contributed by atoms with E-state index in [0.29, 0.717) is 17.9 Å². The molecule has 100 valence electrons. The zero-order valence-corrected chi connectivity index (χ0v) is 11.7. The van der Waals surface area contributed by atoms with Crippen LogP contribution in [0.3, 0.4) is 0 Å². The maximum absolute atomic E-state index is 12.6. The summed E-state index contributed by atoms with van der Waals surface area (Å²) in [4.78, 5) is 0.326. The topological polar surface area (TPSA) is 57.6 Å². The van der Waals surface area contributed by atoms with E-state index in [-0.39, 0.29) is 0 Å². The van der Waals surface area contributed by atoms with Crippen molar-refractivity contribution in [2.24, 2.45) is 0 Å². The van der Waals surface area contributed by atoms with E-state index in [1.807, 2.05) is 6.07 Å². The Bertz CT molecular complexity index is 551. The minimum atomic E-state index is -3.54. The van der Waals surface area contributed by atoms with Gasteiger partial charge in [0.1, 0.15) is 0 Å². The molecule has 4 nitrogen and oxygen atoms in total. The van der Waals surface area contributed by atoms with Gasteiger partial charge in [-0.2, -0.15) is 4.31 Å². The summed E-state index contributed by atoms with van der Waals surface area (Å²) in [6.07, 6.45) is -0.130. The second-order valence-electron chi connectivity index (χ2n) is 5.30. The number of aliphatic hydroxyl groups is 1. The van der Waals surface area contributed by atoms with E-state index in [9.17, 15) is 13.5 Å². The minimum absolute atomic E-state index is 0.326. The predicted octanol–water partition coefficient (Wildman–Crippen LogP) is 1.53. The SMILES string of the molecule is Cc1ccccc1S(=O)(=O)N1CCC(O)C1(C)C. The molecule has 0 aliphatic carbocycles. The van der Waals surface area contributed by atoms with E-state index in [2.05, 4.69) is 0 Å². The highest BCUT2D eigenvalue weighted by atomic mass is 32.2. The Balaban J connectivity index is 2.48. The summed E-state index contributed by atoms with van der Waals surface area (Å²) in [6, 6.07) is 6.94. The van der Waals surface area contributed by atoms with E-state index in [1.54, 1.807) is 39.0 Å². The molecule has 1 saturated heterocycles. The normalized spacial score (nSPS) is 24.3. The van der Waals surface area contributed by atoms with Crippen LogP contribution in [0.1, 0.15) is 25.8 Å². The maximum atomic E-state index is 12.6. The van der Waals surface area contributed by atoms with E-state index in [1.165, 1.54) is 4.31 Å². The fourth-order valence-electron chi connectivity index (χ4n) is 2.44. The summed E-state index contributed by atoms with van der Waals surface area (Å²) < 4.78 is 26.7. The smallest absolute Gasteiger partial charge is 0.243 e. The van der Waals surface area contributed by atoms with E-state index in [4.69, 9.17) is 0 Å². The van der Waals surface area contributed by atoms with E-state index < -0.39 is 21.7 Å². The number of rotatable bonds is 2. The van der Waals surface area contributed by atoms with Crippen LogP contribution < -0.4 is 0 Å². The fourth-order valence-corrected chi connectivity index (χ4v) is 4.49. The molecule has 2 rings (SSSR count). The molecule has 1 aliphatic heterocycles. The molecular weight excluding hydrogens is 250 g/mol. The van der Waals surface area contributed by atoms with Crippen LogP contribution in [0.4, 0.5) is 0 Å². The molecule has 1 N–H and O–H groups in total. The highest BCUT2D eigenvalue weighted by molar-refractivity contribution is 7.89. The Morgan fingerprint density at radius 3 is 2.44 bits per heavy atom. The van der Waals surface area contributed by atoms with Crippen LogP contribution in [0.25, 0.3) is 0 Å². The third-order valence-corrected chi connectivity index (χ3v) is 5.97. The van der Waals surface area contributed by atoms with Gasteiger partial charge in [0, 0.05) is 6.54 Å². The molecule has 0 aromatic heterocycles. The third kappa shape index (κ3) is 1.96. The number of aryl methyl sites for hydroxylation is 1. The largest absolute Gasteiger partial charge is 0.391 e. The van der Waals surface area contributed by atoms with Gasteiger partial charge in [-0.25, -0.2) is 8.42 Å². The highest BCUT2D eigenvalue weighted by Gasteiger charge is 2.47. The van der Waals surface area contributed by atoms with E-state index >= 15 is 0 Å². The number of nitrogens with zero attached hydrogens (tertiary/aromatic N) is 1. The van der Waals surface area contributed by atoms with Crippen molar-refractivity contribution in [1.29, 1.82) is 0 Å². The van der Waals surface area contributed by atoms with Crippen molar-refractivity contribution in [1.82, 2.24) is 4.31 Å². The molecule has 0 amide bonds. The number of hydrogen-bond donors (Lipinski definition) is 1. The van der Waals surface area contributed by atoms with Gasteiger partial charge in [0.15, 0.2) is 0 Å². The lowest BCUT2D eigenvalue weighted by Crippen LogP contribution is -2.48. The first-order valence-electron chi connectivity index (χ1n) is 6.04. The lowest BCUT2D eigenvalue weighted by molar-refractivity contribution is 0.0901. The van der Waals surface area contributed by atoms with Gasteiger partial charge in [0.25, 0.3) is 0 Å². The molecule has 0 saturated carbocycles. The molecule has 0 spiro atoms. The van der Waals surface area contributed by atoms with Gasteiger partial charge in [-0.05, 0) is 38.8 Å². The van der Waals surface area contributed by atoms with Crippen LogP contribution in [0.5, 0.6) is 0 Å². The van der Waals surface area contributed by atoms with Crippen molar-refractivity contribution in [3.8, 4) is 0 Å². The first-order valence-corrected chi connectivity index (χ1v) is 7.48. The molecule has 1 heterocycles.